The van der Waals surface area contributed by atoms with E-state index in [1.165, 1.54) is 46.1 Å². The molecule has 0 spiro atoms. The van der Waals surface area contributed by atoms with Crippen molar-refractivity contribution < 1.29 is 4.79 Å². The number of fused-ring (bicyclic) bond motifs is 1. The largest absolute Gasteiger partial charge is 0.298 e. The molecule has 252 valence electrons. The van der Waals surface area contributed by atoms with Gasteiger partial charge in [-0.3, -0.25) is 9.89 Å². The molecule has 0 radical (unpaired) electrons. The van der Waals surface area contributed by atoms with Crippen LogP contribution in [0.4, 0.5) is 0 Å². The zero-order valence-corrected chi connectivity index (χ0v) is 31.8. The zero-order chi connectivity index (χ0) is 34.9. The number of rotatable bonds is 9. The number of aldehydes is 1. The molecule has 2 unspecified atom stereocenters. The number of hydrogen-bond acceptors (Lipinski definition) is 2. The number of aromatic amines is 1. The van der Waals surface area contributed by atoms with Gasteiger partial charge in [0.1, 0.15) is 6.29 Å². The first kappa shape index (κ1) is 44.2. The SMILES string of the molecule is C=C(C)CCC.CC.CC.CC.CC.CCCC(C1=CC=C(C=O)CC1)C(c1ccc(Cl)cc1)c1[nH]nc2c(C)cc(C)cc12. The number of nitrogens with zero attached hydrogens (tertiary/aromatic N) is 1. The summed E-state index contributed by atoms with van der Waals surface area (Å²) in [6.45, 7) is 30.5. The third-order valence-corrected chi connectivity index (χ3v) is 7.34. The van der Waals surface area contributed by atoms with Crippen LogP contribution in [0.1, 0.15) is 143 Å². The van der Waals surface area contributed by atoms with Crippen molar-refractivity contribution in [3.63, 3.8) is 0 Å². The van der Waals surface area contributed by atoms with Crippen LogP contribution in [-0.2, 0) is 4.79 Å². The molecule has 3 nitrogen and oxygen atoms in total. The molecule has 2 aromatic carbocycles. The maximum absolute atomic E-state index is 11.2. The van der Waals surface area contributed by atoms with Gasteiger partial charge >= 0.3 is 0 Å². The van der Waals surface area contributed by atoms with Gasteiger partial charge in [0, 0.05) is 16.3 Å². The molecule has 0 bridgehead atoms. The van der Waals surface area contributed by atoms with Crippen LogP contribution in [0, 0.1) is 19.8 Å². The fraction of sp³-hybridized carbons (Fsp3) is 0.512. The van der Waals surface area contributed by atoms with E-state index in [9.17, 15) is 4.79 Å². The van der Waals surface area contributed by atoms with Gasteiger partial charge < -0.3 is 0 Å². The molecule has 0 saturated heterocycles. The van der Waals surface area contributed by atoms with Crippen molar-refractivity contribution in [3.05, 3.63) is 99.3 Å². The lowest BCUT2D eigenvalue weighted by Crippen LogP contribution is -2.19. The van der Waals surface area contributed by atoms with E-state index in [1.54, 1.807) is 0 Å². The molecule has 1 aliphatic rings. The number of allylic oxidation sites excluding steroid dienone is 5. The molecule has 45 heavy (non-hydrogen) atoms. The number of carbonyl (C=O) groups excluding carboxylic acids is 1. The topological polar surface area (TPSA) is 45.8 Å². The van der Waals surface area contributed by atoms with E-state index in [0.717, 1.165) is 53.8 Å². The number of H-pyrrole nitrogens is 1. The van der Waals surface area contributed by atoms with E-state index in [2.05, 4.69) is 76.6 Å². The fourth-order valence-electron chi connectivity index (χ4n) is 5.38. The van der Waals surface area contributed by atoms with Crippen molar-refractivity contribution in [2.45, 2.75) is 134 Å². The average molecular weight is 637 g/mol. The molecule has 0 amide bonds. The van der Waals surface area contributed by atoms with E-state index in [-0.39, 0.29) is 5.92 Å². The van der Waals surface area contributed by atoms with Gasteiger partial charge in [-0.2, -0.15) is 5.10 Å². The van der Waals surface area contributed by atoms with E-state index < -0.39 is 0 Å². The van der Waals surface area contributed by atoms with Crippen molar-refractivity contribution in [2.75, 3.05) is 0 Å². The Kier molecular flexibility index (Phi) is 25.9. The Hall–Kier alpha value is -2.91. The van der Waals surface area contributed by atoms with Crippen LogP contribution in [0.5, 0.6) is 0 Å². The molecule has 1 N–H and O–H groups in total. The number of hydrogen-bond donors (Lipinski definition) is 1. The summed E-state index contributed by atoms with van der Waals surface area (Å²) < 4.78 is 0. The molecule has 0 saturated carbocycles. The van der Waals surface area contributed by atoms with Crippen LogP contribution in [-0.4, -0.2) is 16.5 Å². The summed E-state index contributed by atoms with van der Waals surface area (Å²) in [5, 5.41) is 10.1. The standard InChI is InChI=1S/C27H29ClN2O.C6H12.4C2H6/c1-4-5-23(20-8-6-19(16-31)7-9-20)25(21-10-12-22(28)13-11-21)27-24-15-17(2)14-18(3)26(24)29-30-27;1-4-5-6(2)3;4*1-2/h6,8,10-16,23,25H,4-5,7,9H2,1-3H3,(H,29,30);2,4-5H2,1,3H3;4*1-2H3. The molecular weight excluding hydrogens is 572 g/mol. The highest BCUT2D eigenvalue weighted by molar-refractivity contribution is 6.30. The van der Waals surface area contributed by atoms with E-state index in [0.29, 0.717) is 5.92 Å². The second kappa shape index (κ2) is 26.3. The molecule has 0 fully saturated rings. The van der Waals surface area contributed by atoms with Crippen molar-refractivity contribution in [3.8, 4) is 0 Å². The van der Waals surface area contributed by atoms with Crippen LogP contribution in [0.3, 0.4) is 0 Å². The van der Waals surface area contributed by atoms with Crippen LogP contribution in [0.2, 0.25) is 5.02 Å². The molecule has 1 aliphatic carbocycles. The van der Waals surface area contributed by atoms with E-state index >= 15 is 0 Å². The highest BCUT2D eigenvalue weighted by atomic mass is 35.5. The summed E-state index contributed by atoms with van der Waals surface area (Å²) in [4.78, 5) is 11.2. The molecule has 1 aromatic heterocycles. The first-order valence-corrected chi connectivity index (χ1v) is 17.9. The monoisotopic (exact) mass is 636 g/mol. The first-order chi connectivity index (χ1) is 21.8. The Labute approximate surface area is 282 Å². The normalized spacial score (nSPS) is 12.7. The van der Waals surface area contributed by atoms with Gasteiger partial charge in [-0.05, 0) is 87.3 Å². The maximum Gasteiger partial charge on any atom is 0.146 e. The number of aryl methyl sites for hydroxylation is 2. The van der Waals surface area contributed by atoms with Crippen LogP contribution < -0.4 is 0 Å². The Balaban J connectivity index is 0. The number of benzene rings is 2. The molecule has 4 rings (SSSR count). The van der Waals surface area contributed by atoms with E-state index in [1.807, 2.05) is 73.6 Å². The Morgan fingerprint density at radius 2 is 1.53 bits per heavy atom. The summed E-state index contributed by atoms with van der Waals surface area (Å²) >= 11 is 6.23. The highest BCUT2D eigenvalue weighted by Crippen LogP contribution is 2.43. The van der Waals surface area contributed by atoms with Gasteiger partial charge in [0.2, 0.25) is 0 Å². The zero-order valence-electron chi connectivity index (χ0n) is 31.0. The molecule has 1 heterocycles. The molecule has 2 atom stereocenters. The minimum Gasteiger partial charge on any atom is -0.298 e. The van der Waals surface area contributed by atoms with Crippen LogP contribution >= 0.6 is 11.6 Å². The minimum absolute atomic E-state index is 0.140. The Morgan fingerprint density at radius 1 is 0.933 bits per heavy atom. The summed E-state index contributed by atoms with van der Waals surface area (Å²) in [7, 11) is 0. The van der Waals surface area contributed by atoms with Gasteiger partial charge in [-0.25, -0.2) is 0 Å². The Morgan fingerprint density at radius 3 is 1.98 bits per heavy atom. The van der Waals surface area contributed by atoms with Gasteiger partial charge in [0.05, 0.1) is 11.2 Å². The molecule has 3 aromatic rings. The van der Waals surface area contributed by atoms with Crippen LogP contribution in [0.15, 0.2) is 71.8 Å². The lowest BCUT2D eigenvalue weighted by molar-refractivity contribution is -0.105. The number of nitrogens with one attached hydrogen (secondary N) is 1. The first-order valence-electron chi connectivity index (χ1n) is 17.5. The van der Waals surface area contributed by atoms with Gasteiger partial charge in [0.15, 0.2) is 0 Å². The fourth-order valence-corrected chi connectivity index (χ4v) is 5.50. The summed E-state index contributed by atoms with van der Waals surface area (Å²) in [5.74, 6) is 0.459. The number of aromatic nitrogens is 2. The second-order valence-corrected chi connectivity index (χ2v) is 10.8. The summed E-state index contributed by atoms with van der Waals surface area (Å²) in [6.07, 6.45) is 11.4. The lowest BCUT2D eigenvalue weighted by atomic mass is 9.73. The maximum atomic E-state index is 11.2. The smallest absolute Gasteiger partial charge is 0.146 e. The van der Waals surface area contributed by atoms with Crippen molar-refractivity contribution in [1.29, 1.82) is 0 Å². The highest BCUT2D eigenvalue weighted by Gasteiger charge is 2.31. The molecular formula is C41H65ClN2O. The summed E-state index contributed by atoms with van der Waals surface area (Å²) in [6, 6.07) is 12.7. The predicted octanol–water partition coefficient (Wildman–Crippen LogP) is 13.7. The van der Waals surface area contributed by atoms with Gasteiger partial charge in [-0.1, -0.05) is 141 Å². The summed E-state index contributed by atoms with van der Waals surface area (Å²) in [5.41, 5.74) is 9.43. The van der Waals surface area contributed by atoms with Crippen LogP contribution in [0.25, 0.3) is 10.9 Å². The van der Waals surface area contributed by atoms with Crippen molar-refractivity contribution in [2.24, 2.45) is 5.92 Å². The van der Waals surface area contributed by atoms with Gasteiger partial charge in [-0.15, -0.1) is 6.58 Å². The minimum atomic E-state index is 0.140. The third-order valence-electron chi connectivity index (χ3n) is 7.08. The number of halogens is 1. The van der Waals surface area contributed by atoms with Gasteiger partial charge in [0.25, 0.3) is 0 Å². The predicted molar refractivity (Wildman–Crippen MR) is 204 cm³/mol. The van der Waals surface area contributed by atoms with E-state index in [4.69, 9.17) is 16.7 Å². The number of carbonyl (C=O) groups is 1. The lowest BCUT2D eigenvalue weighted by Gasteiger charge is -2.31. The Bertz CT molecular complexity index is 1280. The quantitative estimate of drug-likeness (QED) is 0.187. The second-order valence-electron chi connectivity index (χ2n) is 10.3. The van der Waals surface area contributed by atoms with Crippen molar-refractivity contribution in [1.82, 2.24) is 10.2 Å². The molecule has 0 aliphatic heterocycles. The molecule has 4 heteroatoms. The third kappa shape index (κ3) is 14.4. The van der Waals surface area contributed by atoms with Crippen molar-refractivity contribution >= 4 is 28.8 Å². The average Bonchev–Trinajstić information content (AvgIpc) is 3.49.